The van der Waals surface area contributed by atoms with Crippen LogP contribution in [-0.4, -0.2) is 10.1 Å². The van der Waals surface area contributed by atoms with E-state index < -0.39 is 6.10 Å². The van der Waals surface area contributed by atoms with Gasteiger partial charge in [-0.05, 0) is 38.0 Å². The lowest BCUT2D eigenvalue weighted by Gasteiger charge is -2.12. The average Bonchev–Trinajstić information content (AvgIpc) is 2.31. The van der Waals surface area contributed by atoms with Gasteiger partial charge in [0.15, 0.2) is 0 Å². The number of pyridine rings is 1. The van der Waals surface area contributed by atoms with Crippen molar-refractivity contribution in [2.24, 2.45) is 0 Å². The van der Waals surface area contributed by atoms with Crippen molar-refractivity contribution in [3.05, 3.63) is 64.5 Å². The van der Waals surface area contributed by atoms with E-state index in [2.05, 4.69) is 11.1 Å². The summed E-state index contributed by atoms with van der Waals surface area (Å²) in [6.07, 6.45) is 1.91. The quantitative estimate of drug-likeness (QED) is 0.894. The highest BCUT2D eigenvalue weighted by Crippen LogP contribution is 2.20. The number of rotatable bonds is 3. The maximum absolute atomic E-state index is 10.3. The van der Waals surface area contributed by atoms with Gasteiger partial charge >= 0.3 is 0 Å². The second-order valence-corrected chi connectivity index (χ2v) is 4.97. The Kier molecular flexibility index (Phi) is 3.78. The monoisotopic (exact) mass is 241 g/mol. The molecule has 2 nitrogen and oxygen atoms in total. The van der Waals surface area contributed by atoms with Gasteiger partial charge < -0.3 is 5.11 Å². The number of aliphatic hydroxyl groups is 1. The number of hydrogen-bond donors (Lipinski definition) is 1. The van der Waals surface area contributed by atoms with Gasteiger partial charge in [-0.2, -0.15) is 0 Å². The third-order valence-electron chi connectivity index (χ3n) is 3.00. The van der Waals surface area contributed by atoms with Crippen LogP contribution in [0.25, 0.3) is 0 Å². The molecule has 0 bridgehead atoms. The van der Waals surface area contributed by atoms with Gasteiger partial charge in [-0.25, -0.2) is 0 Å². The summed E-state index contributed by atoms with van der Waals surface area (Å²) in [7, 11) is 0. The van der Waals surface area contributed by atoms with Crippen LogP contribution in [0.1, 0.15) is 34.1 Å². The molecule has 2 rings (SSSR count). The minimum Gasteiger partial charge on any atom is -0.388 e. The molecule has 0 aliphatic heterocycles. The molecule has 2 aromatic rings. The van der Waals surface area contributed by atoms with Crippen LogP contribution in [-0.2, 0) is 6.42 Å². The molecule has 0 radical (unpaired) electrons. The third-order valence-corrected chi connectivity index (χ3v) is 3.00. The molecule has 0 fully saturated rings. The van der Waals surface area contributed by atoms with Crippen molar-refractivity contribution in [1.82, 2.24) is 4.98 Å². The second kappa shape index (κ2) is 5.32. The predicted molar refractivity (Wildman–Crippen MR) is 73.6 cm³/mol. The fourth-order valence-corrected chi connectivity index (χ4v) is 2.14. The van der Waals surface area contributed by atoms with E-state index in [1.807, 2.05) is 51.2 Å². The third kappa shape index (κ3) is 3.17. The zero-order valence-corrected chi connectivity index (χ0v) is 11.1. The maximum atomic E-state index is 10.3. The molecule has 94 valence electrons. The molecule has 2 heteroatoms. The fourth-order valence-electron chi connectivity index (χ4n) is 2.14. The Morgan fingerprint density at radius 1 is 1.00 bits per heavy atom. The molecule has 1 aromatic heterocycles. The van der Waals surface area contributed by atoms with Crippen LogP contribution >= 0.6 is 0 Å². The molecule has 18 heavy (non-hydrogen) atoms. The van der Waals surface area contributed by atoms with E-state index in [0.717, 1.165) is 16.8 Å². The van der Waals surface area contributed by atoms with E-state index in [1.165, 1.54) is 11.1 Å². The van der Waals surface area contributed by atoms with Crippen molar-refractivity contribution in [1.29, 1.82) is 0 Å². The molecule has 0 saturated carbocycles. The zero-order chi connectivity index (χ0) is 13.1. The first kappa shape index (κ1) is 12.8. The highest BCUT2D eigenvalue weighted by molar-refractivity contribution is 5.30. The second-order valence-electron chi connectivity index (χ2n) is 4.97. The first-order chi connectivity index (χ1) is 8.54. The van der Waals surface area contributed by atoms with E-state index in [9.17, 15) is 5.11 Å². The Labute approximate surface area is 108 Å². The van der Waals surface area contributed by atoms with Gasteiger partial charge in [0.1, 0.15) is 0 Å². The molecule has 1 atom stereocenters. The van der Waals surface area contributed by atoms with Crippen molar-refractivity contribution < 1.29 is 5.11 Å². The highest BCUT2D eigenvalue weighted by Gasteiger charge is 2.10. The van der Waals surface area contributed by atoms with E-state index in [-0.39, 0.29) is 0 Å². The first-order valence-corrected chi connectivity index (χ1v) is 6.22. The number of hydrogen-bond acceptors (Lipinski definition) is 2. The molecular weight excluding hydrogens is 222 g/mol. The summed E-state index contributed by atoms with van der Waals surface area (Å²) in [6.45, 7) is 6.11. The van der Waals surface area contributed by atoms with E-state index in [0.29, 0.717) is 6.42 Å². The molecule has 0 saturated heterocycles. The van der Waals surface area contributed by atoms with Crippen molar-refractivity contribution in [2.45, 2.75) is 33.3 Å². The van der Waals surface area contributed by atoms with Crippen molar-refractivity contribution in [2.75, 3.05) is 0 Å². The highest BCUT2D eigenvalue weighted by atomic mass is 16.3. The summed E-state index contributed by atoms with van der Waals surface area (Å²) in [6, 6.07) is 10.2. The van der Waals surface area contributed by atoms with Crippen LogP contribution in [0.4, 0.5) is 0 Å². The van der Waals surface area contributed by atoms with Gasteiger partial charge in [-0.15, -0.1) is 0 Å². The van der Waals surface area contributed by atoms with Gasteiger partial charge in [0, 0.05) is 18.3 Å². The molecule has 1 unspecified atom stereocenters. The maximum Gasteiger partial charge on any atom is 0.0845 e. The molecule has 1 aromatic carbocycles. The lowest BCUT2D eigenvalue weighted by Crippen LogP contribution is -2.04. The molecule has 1 heterocycles. The number of aliphatic hydroxyl groups excluding tert-OH is 1. The lowest BCUT2D eigenvalue weighted by molar-refractivity contribution is 0.177. The number of benzene rings is 1. The standard InChI is InChI=1S/C16H19NO/c1-11-4-5-15(17-10-11)9-16(18)14-7-12(2)6-13(3)8-14/h4-8,10,16,18H,9H2,1-3H3. The largest absolute Gasteiger partial charge is 0.388 e. The summed E-state index contributed by atoms with van der Waals surface area (Å²) in [5, 5.41) is 10.3. The van der Waals surface area contributed by atoms with Crippen LogP contribution in [0.2, 0.25) is 0 Å². The van der Waals surface area contributed by atoms with Crippen molar-refractivity contribution in [3.63, 3.8) is 0 Å². The summed E-state index contributed by atoms with van der Waals surface area (Å²) in [5.74, 6) is 0. The molecular formula is C16H19NO. The Bertz CT molecular complexity index is 511. The summed E-state index contributed by atoms with van der Waals surface area (Å²) >= 11 is 0. The van der Waals surface area contributed by atoms with Crippen molar-refractivity contribution >= 4 is 0 Å². The average molecular weight is 241 g/mol. The molecule has 0 amide bonds. The Hall–Kier alpha value is -1.67. The van der Waals surface area contributed by atoms with Gasteiger partial charge in [0.25, 0.3) is 0 Å². The fraction of sp³-hybridized carbons (Fsp3) is 0.312. The van der Waals surface area contributed by atoms with Crippen LogP contribution in [0.5, 0.6) is 0 Å². The minimum absolute atomic E-state index is 0.487. The van der Waals surface area contributed by atoms with E-state index in [1.54, 1.807) is 0 Å². The van der Waals surface area contributed by atoms with Crippen LogP contribution in [0, 0.1) is 20.8 Å². The van der Waals surface area contributed by atoms with Crippen molar-refractivity contribution in [3.8, 4) is 0 Å². The van der Waals surface area contributed by atoms with E-state index >= 15 is 0 Å². The van der Waals surface area contributed by atoms with E-state index in [4.69, 9.17) is 0 Å². The smallest absolute Gasteiger partial charge is 0.0845 e. The number of nitrogens with zero attached hydrogens (tertiary/aromatic N) is 1. The summed E-state index contributed by atoms with van der Waals surface area (Å²) < 4.78 is 0. The van der Waals surface area contributed by atoms with Gasteiger partial charge in [-0.3, -0.25) is 4.98 Å². The molecule has 0 spiro atoms. The lowest BCUT2D eigenvalue weighted by atomic mass is 10.00. The molecule has 0 aliphatic carbocycles. The number of aromatic nitrogens is 1. The number of aryl methyl sites for hydroxylation is 3. The topological polar surface area (TPSA) is 33.1 Å². The zero-order valence-electron chi connectivity index (χ0n) is 11.1. The normalized spacial score (nSPS) is 12.4. The predicted octanol–water partition coefficient (Wildman–Crippen LogP) is 3.28. The van der Waals surface area contributed by atoms with Crippen LogP contribution in [0.3, 0.4) is 0 Å². The first-order valence-electron chi connectivity index (χ1n) is 6.22. The van der Waals surface area contributed by atoms with Crippen LogP contribution in [0.15, 0.2) is 36.5 Å². The molecule has 1 N–H and O–H groups in total. The Morgan fingerprint density at radius 3 is 2.22 bits per heavy atom. The SMILES string of the molecule is Cc1ccc(CC(O)c2cc(C)cc(C)c2)nc1. The Balaban J connectivity index is 2.16. The Morgan fingerprint density at radius 2 is 1.67 bits per heavy atom. The van der Waals surface area contributed by atoms with Gasteiger partial charge in [-0.1, -0.05) is 35.4 Å². The van der Waals surface area contributed by atoms with Gasteiger partial charge in [0.05, 0.1) is 6.10 Å². The molecule has 0 aliphatic rings. The minimum atomic E-state index is -0.487. The summed E-state index contributed by atoms with van der Waals surface area (Å²) in [4.78, 5) is 4.33. The summed E-state index contributed by atoms with van der Waals surface area (Å²) in [5.41, 5.74) is 5.39. The van der Waals surface area contributed by atoms with Gasteiger partial charge in [0.2, 0.25) is 0 Å². The van der Waals surface area contributed by atoms with Crippen LogP contribution < -0.4 is 0 Å².